The summed E-state index contributed by atoms with van der Waals surface area (Å²) in [5.41, 5.74) is -0.412. The molecule has 10 heteroatoms. The van der Waals surface area contributed by atoms with Gasteiger partial charge in [-0.2, -0.15) is 0 Å². The van der Waals surface area contributed by atoms with Crippen LogP contribution in [0.15, 0.2) is 55.6 Å². The molecule has 1 spiro atoms. The second-order valence-electron chi connectivity index (χ2n) is 11.7. The summed E-state index contributed by atoms with van der Waals surface area (Å²) in [5.74, 6) is -3.09. The summed E-state index contributed by atoms with van der Waals surface area (Å²) in [7, 11) is 0. The van der Waals surface area contributed by atoms with Gasteiger partial charge in [-0.1, -0.05) is 55.8 Å². The number of amides is 3. The average Bonchev–Trinajstić information content (AvgIpc) is 3.64. The summed E-state index contributed by atoms with van der Waals surface area (Å²) in [6.07, 6.45) is 6.10. The third kappa shape index (κ3) is 6.40. The van der Waals surface area contributed by atoms with E-state index in [0.717, 1.165) is 18.4 Å². The molecule has 7 atom stereocenters. The van der Waals surface area contributed by atoms with Crippen molar-refractivity contribution in [3.05, 3.63) is 61.2 Å². The highest BCUT2D eigenvalue weighted by molar-refractivity contribution is 5.99. The molecule has 2 bridgehead atoms. The van der Waals surface area contributed by atoms with E-state index in [4.69, 9.17) is 9.47 Å². The SMILES string of the molecule is C=CCCC(=O)OC[C@@H](NC(=O)[C@@H]1[C@@H]2CC[C@]3(O2)[C@H](C(=O)N(CC=C)C(C)CCC)N(CCO)C(=O)[C@@H]13)c1ccccc1. The topological polar surface area (TPSA) is 125 Å². The Morgan fingerprint density at radius 3 is 2.65 bits per heavy atom. The van der Waals surface area contributed by atoms with Crippen LogP contribution in [0.25, 0.3) is 0 Å². The van der Waals surface area contributed by atoms with E-state index < -0.39 is 41.6 Å². The summed E-state index contributed by atoms with van der Waals surface area (Å²) >= 11 is 0. The zero-order chi connectivity index (χ0) is 31.1. The number of rotatable bonds is 16. The van der Waals surface area contributed by atoms with Crippen LogP contribution >= 0.6 is 0 Å². The number of aliphatic hydroxyl groups is 1. The number of hydrogen-bond donors (Lipinski definition) is 2. The maximum absolute atomic E-state index is 14.2. The van der Waals surface area contributed by atoms with Crippen molar-refractivity contribution in [2.45, 2.75) is 82.2 Å². The van der Waals surface area contributed by atoms with Crippen molar-refractivity contribution < 1.29 is 33.8 Å². The number of allylic oxidation sites excluding steroid dienone is 1. The molecular weight excluding hydrogens is 550 g/mol. The van der Waals surface area contributed by atoms with E-state index in [-0.39, 0.29) is 49.9 Å². The standard InChI is InChI=1S/C33H45N3O7/c1-5-8-15-26(38)42-21-24(23-13-10-9-11-14-23)34-30(39)27-25-16-17-33(43-25)28(27)31(40)36(19-20-37)29(33)32(41)35(18-7-3)22(4)12-6-2/h5,7,9-11,13-14,22,24-25,27-29,37H,1,3,6,8,12,15-21H2,2,4H3,(H,34,39)/t22?,24-,25+,27-,28-,29+,33-/m1/s1. The fourth-order valence-corrected chi connectivity index (χ4v) is 7.08. The van der Waals surface area contributed by atoms with Crippen molar-refractivity contribution in [1.82, 2.24) is 15.1 Å². The molecule has 3 amide bonds. The molecule has 4 rings (SSSR count). The Balaban J connectivity index is 1.61. The lowest BCUT2D eigenvalue weighted by Crippen LogP contribution is -2.58. The van der Waals surface area contributed by atoms with Crippen LogP contribution in [0.3, 0.4) is 0 Å². The van der Waals surface area contributed by atoms with Gasteiger partial charge in [0.25, 0.3) is 0 Å². The highest BCUT2D eigenvalue weighted by Gasteiger charge is 2.74. The number of fused-ring (bicyclic) bond motifs is 1. The lowest BCUT2D eigenvalue weighted by atomic mass is 9.70. The Bertz CT molecular complexity index is 1190. The Hall–Kier alpha value is -3.50. The molecule has 3 heterocycles. The van der Waals surface area contributed by atoms with Crippen LogP contribution in [0.1, 0.15) is 64.0 Å². The van der Waals surface area contributed by atoms with Crippen molar-refractivity contribution in [1.29, 1.82) is 0 Å². The lowest BCUT2D eigenvalue weighted by Gasteiger charge is -2.38. The summed E-state index contributed by atoms with van der Waals surface area (Å²) in [6.45, 7) is 11.4. The van der Waals surface area contributed by atoms with Crippen molar-refractivity contribution in [3.8, 4) is 0 Å². The molecule has 3 saturated heterocycles. The maximum Gasteiger partial charge on any atom is 0.306 e. The normalized spacial score (nSPS) is 26.9. The van der Waals surface area contributed by atoms with Gasteiger partial charge in [0, 0.05) is 25.6 Å². The van der Waals surface area contributed by atoms with Crippen LogP contribution in [-0.4, -0.2) is 88.7 Å². The minimum absolute atomic E-state index is 0.0345. The lowest BCUT2D eigenvalue weighted by molar-refractivity contribution is -0.150. The Labute approximate surface area is 254 Å². The summed E-state index contributed by atoms with van der Waals surface area (Å²) < 4.78 is 12.0. The molecule has 10 nitrogen and oxygen atoms in total. The minimum Gasteiger partial charge on any atom is -0.463 e. The summed E-state index contributed by atoms with van der Waals surface area (Å²) in [4.78, 5) is 57.7. The molecule has 0 aliphatic carbocycles. The predicted octanol–water partition coefficient (Wildman–Crippen LogP) is 2.92. The van der Waals surface area contributed by atoms with Gasteiger partial charge in [-0.15, -0.1) is 13.2 Å². The Morgan fingerprint density at radius 2 is 2.00 bits per heavy atom. The van der Waals surface area contributed by atoms with E-state index >= 15 is 0 Å². The molecule has 1 aromatic carbocycles. The van der Waals surface area contributed by atoms with E-state index in [9.17, 15) is 24.3 Å². The van der Waals surface area contributed by atoms with Gasteiger partial charge >= 0.3 is 5.97 Å². The molecular formula is C33H45N3O7. The van der Waals surface area contributed by atoms with Crippen LogP contribution in [0.2, 0.25) is 0 Å². The molecule has 3 fully saturated rings. The van der Waals surface area contributed by atoms with Crippen molar-refractivity contribution in [3.63, 3.8) is 0 Å². The van der Waals surface area contributed by atoms with Crippen LogP contribution < -0.4 is 5.32 Å². The van der Waals surface area contributed by atoms with Crippen molar-refractivity contribution >= 4 is 23.7 Å². The summed E-state index contributed by atoms with van der Waals surface area (Å²) in [6, 6.07) is 7.52. The molecule has 0 radical (unpaired) electrons. The molecule has 1 aromatic rings. The van der Waals surface area contributed by atoms with E-state index in [1.165, 1.54) is 4.90 Å². The number of benzene rings is 1. The quantitative estimate of drug-likeness (QED) is 0.222. The molecule has 43 heavy (non-hydrogen) atoms. The third-order valence-corrected chi connectivity index (χ3v) is 9.01. The Morgan fingerprint density at radius 1 is 1.26 bits per heavy atom. The van der Waals surface area contributed by atoms with E-state index in [1.54, 1.807) is 17.1 Å². The number of nitrogens with one attached hydrogen (secondary N) is 1. The highest BCUT2D eigenvalue weighted by Crippen LogP contribution is 2.58. The maximum atomic E-state index is 14.2. The number of esters is 1. The molecule has 0 aromatic heterocycles. The van der Waals surface area contributed by atoms with Crippen LogP contribution in [0.5, 0.6) is 0 Å². The van der Waals surface area contributed by atoms with Crippen molar-refractivity contribution in [2.24, 2.45) is 11.8 Å². The molecule has 234 valence electrons. The molecule has 0 saturated carbocycles. The molecule has 3 aliphatic heterocycles. The van der Waals surface area contributed by atoms with Gasteiger partial charge in [-0.25, -0.2) is 0 Å². The van der Waals surface area contributed by atoms with Gasteiger partial charge in [0.1, 0.15) is 18.2 Å². The molecule has 1 unspecified atom stereocenters. The van der Waals surface area contributed by atoms with Gasteiger partial charge in [0.2, 0.25) is 17.7 Å². The number of carbonyl (C=O) groups is 4. The molecule has 2 N–H and O–H groups in total. The third-order valence-electron chi connectivity index (χ3n) is 9.01. The second-order valence-corrected chi connectivity index (χ2v) is 11.7. The minimum atomic E-state index is -1.17. The zero-order valence-corrected chi connectivity index (χ0v) is 25.3. The first kappa shape index (κ1) is 32.4. The van der Waals surface area contributed by atoms with Gasteiger partial charge in [-0.05, 0) is 38.2 Å². The van der Waals surface area contributed by atoms with Gasteiger partial charge in [0.15, 0.2) is 0 Å². The fourth-order valence-electron chi connectivity index (χ4n) is 7.08. The van der Waals surface area contributed by atoms with Crippen molar-refractivity contribution in [2.75, 3.05) is 26.3 Å². The predicted molar refractivity (Wildman–Crippen MR) is 160 cm³/mol. The van der Waals surface area contributed by atoms with Gasteiger partial charge in [-0.3, -0.25) is 19.2 Å². The van der Waals surface area contributed by atoms with E-state index in [2.05, 4.69) is 25.4 Å². The van der Waals surface area contributed by atoms with E-state index in [0.29, 0.717) is 25.8 Å². The van der Waals surface area contributed by atoms with Gasteiger partial charge in [0.05, 0.1) is 30.6 Å². The van der Waals surface area contributed by atoms with Gasteiger partial charge < -0.3 is 29.7 Å². The average molecular weight is 596 g/mol. The largest absolute Gasteiger partial charge is 0.463 e. The summed E-state index contributed by atoms with van der Waals surface area (Å²) in [5, 5.41) is 12.9. The Kier molecular flexibility index (Phi) is 10.8. The number of β-amino-alcohol motifs (C(OH)–C–C–N with tert-alkyl or cyclic N) is 1. The number of nitrogens with zero attached hydrogens (tertiary/aromatic N) is 2. The first-order valence-electron chi connectivity index (χ1n) is 15.4. The first-order valence-corrected chi connectivity index (χ1v) is 15.4. The number of carbonyl (C=O) groups excluding carboxylic acids is 4. The number of ether oxygens (including phenoxy) is 2. The smallest absolute Gasteiger partial charge is 0.306 e. The fraction of sp³-hybridized carbons (Fsp3) is 0.576. The zero-order valence-electron chi connectivity index (χ0n) is 25.3. The highest BCUT2D eigenvalue weighted by atomic mass is 16.5. The number of likely N-dealkylation sites (tertiary alicyclic amines) is 1. The molecule has 3 aliphatic rings. The monoisotopic (exact) mass is 595 g/mol. The van der Waals surface area contributed by atoms with Crippen LogP contribution in [-0.2, 0) is 28.7 Å². The van der Waals surface area contributed by atoms with Crippen LogP contribution in [0, 0.1) is 11.8 Å². The second kappa shape index (κ2) is 14.3. The van der Waals surface area contributed by atoms with E-state index in [1.807, 2.05) is 37.3 Å². The number of aliphatic hydroxyl groups excluding tert-OH is 1. The van der Waals surface area contributed by atoms with Crippen LogP contribution in [0.4, 0.5) is 0 Å². The number of hydrogen-bond acceptors (Lipinski definition) is 7. The first-order chi connectivity index (χ1) is 20.7.